The molecule has 7 heteroatoms. The largest absolute Gasteiger partial charge is 0.496 e. The van der Waals surface area contributed by atoms with Gasteiger partial charge in [-0.25, -0.2) is 13.2 Å². The number of hydrogen-bond acceptors (Lipinski definition) is 4. The summed E-state index contributed by atoms with van der Waals surface area (Å²) < 4.78 is 40.3. The molecule has 18 heavy (non-hydrogen) atoms. The van der Waals surface area contributed by atoms with E-state index in [2.05, 4.69) is 0 Å². The monoisotopic (exact) mass is 276 g/mol. The van der Waals surface area contributed by atoms with Crippen molar-refractivity contribution >= 4 is 15.8 Å². The molecule has 0 unspecified atom stereocenters. The van der Waals surface area contributed by atoms with Gasteiger partial charge < -0.3 is 9.84 Å². The normalized spacial score (nSPS) is 11.2. The third kappa shape index (κ3) is 3.19. The van der Waals surface area contributed by atoms with Crippen molar-refractivity contribution in [1.82, 2.24) is 0 Å². The Bertz CT molecular complexity index is 538. The van der Waals surface area contributed by atoms with Crippen molar-refractivity contribution in [3.63, 3.8) is 0 Å². The fourth-order valence-electron chi connectivity index (χ4n) is 1.41. The van der Waals surface area contributed by atoms with Gasteiger partial charge in [0, 0.05) is 0 Å². The molecule has 1 rings (SSSR count). The van der Waals surface area contributed by atoms with Gasteiger partial charge in [0.1, 0.15) is 11.3 Å². The van der Waals surface area contributed by atoms with Crippen molar-refractivity contribution < 1.29 is 27.4 Å². The molecule has 100 valence electrons. The molecule has 1 N–H and O–H groups in total. The molecule has 0 aromatic heterocycles. The van der Waals surface area contributed by atoms with Gasteiger partial charge in [-0.1, -0.05) is 0 Å². The van der Waals surface area contributed by atoms with E-state index in [0.29, 0.717) is 0 Å². The molecule has 0 radical (unpaired) electrons. The lowest BCUT2D eigenvalue weighted by Gasteiger charge is -2.08. The summed E-state index contributed by atoms with van der Waals surface area (Å²) in [5, 5.41) is 8.93. The number of rotatable bonds is 6. The second-order valence-corrected chi connectivity index (χ2v) is 5.64. The second-order valence-electron chi connectivity index (χ2n) is 3.53. The van der Waals surface area contributed by atoms with Crippen LogP contribution in [0.5, 0.6) is 5.75 Å². The summed E-state index contributed by atoms with van der Waals surface area (Å²) in [6.45, 7) is -0.735. The van der Waals surface area contributed by atoms with Crippen LogP contribution >= 0.6 is 0 Å². The van der Waals surface area contributed by atoms with Gasteiger partial charge in [-0.3, -0.25) is 4.39 Å². The average molecular weight is 276 g/mol. The van der Waals surface area contributed by atoms with Crippen LogP contribution in [0, 0.1) is 0 Å². The minimum atomic E-state index is -3.66. The molecule has 0 saturated heterocycles. The first-order valence-corrected chi connectivity index (χ1v) is 6.77. The van der Waals surface area contributed by atoms with E-state index in [9.17, 15) is 17.6 Å². The summed E-state index contributed by atoms with van der Waals surface area (Å²) in [5.74, 6) is -1.56. The van der Waals surface area contributed by atoms with E-state index in [0.717, 1.165) is 6.07 Å². The molecule has 0 amide bonds. The van der Waals surface area contributed by atoms with E-state index >= 15 is 0 Å². The molecule has 0 bridgehead atoms. The minimum absolute atomic E-state index is 0.0759. The lowest BCUT2D eigenvalue weighted by molar-refractivity contribution is 0.0693. The second kappa shape index (κ2) is 5.81. The number of hydrogen-bond donors (Lipinski definition) is 1. The average Bonchev–Trinajstić information content (AvgIpc) is 2.35. The molecular formula is C11H13FO5S. The van der Waals surface area contributed by atoms with Crippen molar-refractivity contribution in [2.24, 2.45) is 0 Å². The molecule has 0 spiro atoms. The topological polar surface area (TPSA) is 80.7 Å². The van der Waals surface area contributed by atoms with Gasteiger partial charge >= 0.3 is 5.97 Å². The number of carbonyl (C=O) groups is 1. The number of ether oxygens (including phenoxy) is 1. The Hall–Kier alpha value is -1.63. The van der Waals surface area contributed by atoms with E-state index in [4.69, 9.17) is 9.84 Å². The van der Waals surface area contributed by atoms with Crippen molar-refractivity contribution in [2.75, 3.05) is 19.5 Å². The quantitative estimate of drug-likeness (QED) is 0.852. The van der Waals surface area contributed by atoms with Gasteiger partial charge in [0.25, 0.3) is 0 Å². The zero-order chi connectivity index (χ0) is 13.8. The third-order valence-corrected chi connectivity index (χ3v) is 4.11. The maximum absolute atomic E-state index is 12.0. The first-order chi connectivity index (χ1) is 8.42. The van der Waals surface area contributed by atoms with E-state index < -0.39 is 22.5 Å². The first kappa shape index (κ1) is 14.4. The Balaban J connectivity index is 3.20. The van der Waals surface area contributed by atoms with Gasteiger partial charge in [-0.2, -0.15) is 0 Å². The standard InChI is InChI=1S/C11H13FO5S/c1-17-10-4-3-8(7-9(10)11(13)14)18(15,16)6-2-5-12/h3-4,7H,2,5-6H2,1H3,(H,13,14). The van der Waals surface area contributed by atoms with Crippen LogP contribution in [0.4, 0.5) is 4.39 Å². The molecule has 0 fully saturated rings. The lowest BCUT2D eigenvalue weighted by Crippen LogP contribution is -2.09. The Morgan fingerprint density at radius 2 is 2.11 bits per heavy atom. The predicted octanol–water partition coefficient (Wildman–Crippen LogP) is 1.53. The number of carboxylic acid groups (broad SMARTS) is 1. The van der Waals surface area contributed by atoms with Crippen molar-refractivity contribution in [3.05, 3.63) is 23.8 Å². The van der Waals surface area contributed by atoms with Gasteiger partial charge in [-0.15, -0.1) is 0 Å². The first-order valence-electron chi connectivity index (χ1n) is 5.12. The molecule has 0 aliphatic heterocycles. The van der Waals surface area contributed by atoms with Crippen LogP contribution < -0.4 is 4.74 Å². The molecule has 5 nitrogen and oxygen atoms in total. The summed E-state index contributed by atoms with van der Waals surface area (Å²) in [4.78, 5) is 10.8. The van der Waals surface area contributed by atoms with Crippen molar-refractivity contribution in [3.8, 4) is 5.75 Å². The number of methoxy groups -OCH3 is 1. The SMILES string of the molecule is COc1ccc(S(=O)(=O)CCCF)cc1C(=O)O. The molecule has 1 aromatic carbocycles. The van der Waals surface area contributed by atoms with Crippen LogP contribution in [0.25, 0.3) is 0 Å². The molecule has 0 heterocycles. The zero-order valence-corrected chi connectivity index (χ0v) is 10.5. The highest BCUT2D eigenvalue weighted by Crippen LogP contribution is 2.23. The smallest absolute Gasteiger partial charge is 0.339 e. The Labute approximate surface area is 104 Å². The Morgan fingerprint density at radius 1 is 1.44 bits per heavy atom. The highest BCUT2D eigenvalue weighted by molar-refractivity contribution is 7.91. The maximum atomic E-state index is 12.0. The third-order valence-electron chi connectivity index (χ3n) is 2.31. The Morgan fingerprint density at radius 3 is 2.61 bits per heavy atom. The van der Waals surface area contributed by atoms with Gasteiger partial charge in [-0.05, 0) is 24.6 Å². The van der Waals surface area contributed by atoms with E-state index in [1.807, 2.05) is 0 Å². The maximum Gasteiger partial charge on any atom is 0.339 e. The summed E-state index contributed by atoms with van der Waals surface area (Å²) in [7, 11) is -2.37. The fraction of sp³-hybridized carbons (Fsp3) is 0.364. The van der Waals surface area contributed by atoms with Crippen LogP contribution in [0.3, 0.4) is 0 Å². The molecule has 0 aliphatic carbocycles. The molecule has 0 aliphatic rings. The van der Waals surface area contributed by atoms with E-state index in [-0.39, 0.29) is 28.4 Å². The van der Waals surface area contributed by atoms with Gasteiger partial charge in [0.2, 0.25) is 0 Å². The molecule has 0 saturated carbocycles. The summed E-state index contributed by atoms with van der Waals surface area (Å²) in [6.07, 6.45) is -0.114. The highest BCUT2D eigenvalue weighted by atomic mass is 32.2. The fourth-order valence-corrected chi connectivity index (χ4v) is 2.71. The molecular weight excluding hydrogens is 263 g/mol. The summed E-state index contributed by atoms with van der Waals surface area (Å²) in [5.41, 5.74) is -0.237. The van der Waals surface area contributed by atoms with Gasteiger partial charge in [0.05, 0.1) is 24.4 Å². The van der Waals surface area contributed by atoms with Crippen LogP contribution in [0.1, 0.15) is 16.8 Å². The number of aromatic carboxylic acids is 1. The van der Waals surface area contributed by atoms with Gasteiger partial charge in [0.15, 0.2) is 9.84 Å². The minimum Gasteiger partial charge on any atom is -0.496 e. The predicted molar refractivity (Wildman–Crippen MR) is 62.6 cm³/mol. The number of sulfone groups is 1. The summed E-state index contributed by atoms with van der Waals surface area (Å²) in [6, 6.07) is 3.54. The van der Waals surface area contributed by atoms with Crippen molar-refractivity contribution in [2.45, 2.75) is 11.3 Å². The number of halogens is 1. The number of alkyl halides is 1. The number of carboxylic acids is 1. The van der Waals surface area contributed by atoms with Crippen LogP contribution in [0.2, 0.25) is 0 Å². The molecule has 1 aromatic rings. The number of benzene rings is 1. The van der Waals surface area contributed by atoms with Crippen molar-refractivity contribution in [1.29, 1.82) is 0 Å². The van der Waals surface area contributed by atoms with E-state index in [1.165, 1.54) is 19.2 Å². The highest BCUT2D eigenvalue weighted by Gasteiger charge is 2.19. The van der Waals surface area contributed by atoms with Crippen LogP contribution in [0.15, 0.2) is 23.1 Å². The van der Waals surface area contributed by atoms with Crippen LogP contribution in [-0.4, -0.2) is 39.0 Å². The zero-order valence-electron chi connectivity index (χ0n) is 9.72. The van der Waals surface area contributed by atoms with Crippen LogP contribution in [-0.2, 0) is 9.84 Å². The lowest BCUT2D eigenvalue weighted by atomic mass is 10.2. The molecule has 0 atom stereocenters. The summed E-state index contributed by atoms with van der Waals surface area (Å²) >= 11 is 0. The van der Waals surface area contributed by atoms with E-state index in [1.54, 1.807) is 0 Å². The Kier molecular flexibility index (Phi) is 4.66.